The molecule has 1 aromatic carbocycles. The molecule has 0 unspecified atom stereocenters. The maximum absolute atomic E-state index is 13.4. The highest BCUT2D eigenvalue weighted by atomic mass is 79.9. The van der Waals surface area contributed by atoms with Crippen LogP contribution in [0.1, 0.15) is 5.56 Å². The largest absolute Gasteiger partial charge is 0.390 e. The lowest BCUT2D eigenvalue weighted by atomic mass is 10.1. The smallest absolute Gasteiger partial charge is 0.132 e. The van der Waals surface area contributed by atoms with E-state index in [2.05, 4.69) is 21.7 Å². The van der Waals surface area contributed by atoms with Gasteiger partial charge in [0.05, 0.1) is 6.61 Å². The minimum absolute atomic E-state index is 0.149. The van der Waals surface area contributed by atoms with Crippen LogP contribution in [0.15, 0.2) is 34.8 Å². The monoisotopic (exact) mass is 260 g/mol. The third-order valence-electron chi connectivity index (χ3n) is 1.74. The van der Waals surface area contributed by atoms with Crippen molar-refractivity contribution >= 4 is 21.8 Å². The predicted octanol–water partition coefficient (Wildman–Crippen LogP) is 1.36. The number of benzene rings is 1. The molecule has 1 rings (SSSR count). The van der Waals surface area contributed by atoms with E-state index >= 15 is 0 Å². The van der Waals surface area contributed by atoms with Crippen molar-refractivity contribution in [2.45, 2.75) is 6.04 Å². The van der Waals surface area contributed by atoms with Crippen molar-refractivity contribution in [2.24, 2.45) is 0 Å². The molecule has 2 nitrogen and oxygen atoms in total. The molecule has 0 aliphatic heterocycles. The van der Waals surface area contributed by atoms with Crippen LogP contribution in [-0.2, 0) is 0 Å². The molecule has 76 valence electrons. The molecule has 1 aromatic rings. The first-order chi connectivity index (χ1) is 6.63. The average molecular weight is 261 g/mol. The van der Waals surface area contributed by atoms with Crippen LogP contribution in [-0.4, -0.2) is 17.8 Å². The molecule has 0 bridgehead atoms. The molecule has 14 heavy (non-hydrogen) atoms. The van der Waals surface area contributed by atoms with Gasteiger partial charge in [0.25, 0.3) is 0 Å². The standard InChI is InChI=1S/C10H11BrFNO/c11-8-3-1-7(2-4-8)10(12)5-9(13)6-14/h1-5,9,14H,6,13H2/p+1/b10-5-/t9-/m0/s1. The summed E-state index contributed by atoms with van der Waals surface area (Å²) in [6, 6.07) is 6.46. The molecule has 0 saturated carbocycles. The average Bonchev–Trinajstić information content (AvgIpc) is 2.18. The van der Waals surface area contributed by atoms with Gasteiger partial charge >= 0.3 is 0 Å². The van der Waals surface area contributed by atoms with Gasteiger partial charge in [0.2, 0.25) is 0 Å². The van der Waals surface area contributed by atoms with Crippen molar-refractivity contribution < 1.29 is 15.2 Å². The molecule has 0 fully saturated rings. The van der Waals surface area contributed by atoms with E-state index < -0.39 is 6.04 Å². The molecule has 4 N–H and O–H groups in total. The van der Waals surface area contributed by atoms with Crippen molar-refractivity contribution in [3.63, 3.8) is 0 Å². The Balaban J connectivity index is 2.83. The highest BCUT2D eigenvalue weighted by Crippen LogP contribution is 2.18. The van der Waals surface area contributed by atoms with Gasteiger partial charge in [0.1, 0.15) is 11.9 Å². The number of rotatable bonds is 3. The van der Waals surface area contributed by atoms with E-state index in [1.165, 1.54) is 6.08 Å². The molecular weight excluding hydrogens is 249 g/mol. The molecule has 0 radical (unpaired) electrons. The van der Waals surface area contributed by atoms with Gasteiger partial charge in [-0.05, 0) is 12.1 Å². The number of hydrogen-bond acceptors (Lipinski definition) is 1. The van der Waals surface area contributed by atoms with E-state index in [1.54, 1.807) is 24.3 Å². The topological polar surface area (TPSA) is 47.9 Å². The molecular formula is C10H12BrFNO+. The lowest BCUT2D eigenvalue weighted by molar-refractivity contribution is -0.408. The second-order valence-corrected chi connectivity index (χ2v) is 3.88. The minimum Gasteiger partial charge on any atom is -0.390 e. The summed E-state index contributed by atoms with van der Waals surface area (Å²) in [6.45, 7) is -0.149. The molecule has 0 aliphatic rings. The van der Waals surface area contributed by atoms with E-state index in [0.717, 1.165) is 4.47 Å². The highest BCUT2D eigenvalue weighted by molar-refractivity contribution is 9.10. The van der Waals surface area contributed by atoms with Crippen LogP contribution in [0, 0.1) is 0 Å². The number of hydrogen-bond donors (Lipinski definition) is 2. The van der Waals surface area contributed by atoms with Crippen molar-refractivity contribution in [3.8, 4) is 0 Å². The van der Waals surface area contributed by atoms with E-state index in [1.807, 2.05) is 0 Å². The Kier molecular flexibility index (Phi) is 4.25. The van der Waals surface area contributed by atoms with Crippen molar-refractivity contribution in [2.75, 3.05) is 6.61 Å². The number of quaternary nitrogens is 1. The number of aliphatic hydroxyl groups is 1. The summed E-state index contributed by atoms with van der Waals surface area (Å²) in [5.41, 5.74) is 4.06. The van der Waals surface area contributed by atoms with Gasteiger partial charge in [-0.1, -0.05) is 28.1 Å². The Morgan fingerprint density at radius 2 is 2.07 bits per heavy atom. The van der Waals surface area contributed by atoms with Gasteiger partial charge in [0.15, 0.2) is 0 Å². The maximum atomic E-state index is 13.4. The molecule has 4 heteroatoms. The number of aliphatic hydroxyl groups excluding tert-OH is 1. The Morgan fingerprint density at radius 3 is 2.57 bits per heavy atom. The van der Waals surface area contributed by atoms with Crippen LogP contribution in [0.3, 0.4) is 0 Å². The van der Waals surface area contributed by atoms with E-state index in [0.29, 0.717) is 5.56 Å². The molecule has 1 atom stereocenters. The van der Waals surface area contributed by atoms with Gasteiger partial charge < -0.3 is 10.8 Å². The van der Waals surface area contributed by atoms with Crippen LogP contribution >= 0.6 is 15.9 Å². The van der Waals surface area contributed by atoms with Gasteiger partial charge in [-0.3, -0.25) is 0 Å². The lowest BCUT2D eigenvalue weighted by Gasteiger charge is -2.00. The number of halogens is 2. The van der Waals surface area contributed by atoms with Crippen LogP contribution in [0.2, 0.25) is 0 Å². The predicted molar refractivity (Wildman–Crippen MR) is 57.0 cm³/mol. The lowest BCUT2D eigenvalue weighted by Crippen LogP contribution is -2.61. The summed E-state index contributed by atoms with van der Waals surface area (Å²) >= 11 is 3.26. The fourth-order valence-corrected chi connectivity index (χ4v) is 1.23. The SMILES string of the molecule is [NH3+][C@@H](/C=C(\F)c1ccc(Br)cc1)CO. The molecule has 0 amide bonds. The summed E-state index contributed by atoms with van der Waals surface area (Å²) in [4.78, 5) is 0. The highest BCUT2D eigenvalue weighted by Gasteiger charge is 2.05. The van der Waals surface area contributed by atoms with Crippen molar-refractivity contribution in [1.82, 2.24) is 0 Å². The second-order valence-electron chi connectivity index (χ2n) is 2.96. The van der Waals surface area contributed by atoms with E-state index in [4.69, 9.17) is 5.11 Å². The maximum Gasteiger partial charge on any atom is 0.132 e. The molecule has 0 spiro atoms. The van der Waals surface area contributed by atoms with Crippen LogP contribution in [0.5, 0.6) is 0 Å². The molecule has 0 aliphatic carbocycles. The van der Waals surface area contributed by atoms with Crippen molar-refractivity contribution in [1.29, 1.82) is 0 Å². The van der Waals surface area contributed by atoms with Gasteiger partial charge in [-0.2, -0.15) is 0 Å². The molecule has 0 aromatic heterocycles. The molecule has 0 heterocycles. The third-order valence-corrected chi connectivity index (χ3v) is 2.27. The van der Waals surface area contributed by atoms with Crippen LogP contribution in [0.25, 0.3) is 5.83 Å². The fraction of sp³-hybridized carbons (Fsp3) is 0.200. The van der Waals surface area contributed by atoms with Gasteiger partial charge in [-0.25, -0.2) is 4.39 Å². The van der Waals surface area contributed by atoms with Crippen LogP contribution < -0.4 is 5.73 Å². The normalized spacial score (nSPS) is 14.1. The quantitative estimate of drug-likeness (QED) is 0.848. The fourth-order valence-electron chi connectivity index (χ4n) is 0.965. The van der Waals surface area contributed by atoms with E-state index in [-0.39, 0.29) is 12.4 Å². The molecule has 0 saturated heterocycles. The van der Waals surface area contributed by atoms with Crippen molar-refractivity contribution in [3.05, 3.63) is 40.4 Å². The van der Waals surface area contributed by atoms with Gasteiger partial charge in [-0.15, -0.1) is 0 Å². The Labute approximate surface area is 90.4 Å². The Bertz CT molecular complexity index is 323. The Hall–Kier alpha value is -0.710. The van der Waals surface area contributed by atoms with E-state index in [9.17, 15) is 4.39 Å². The zero-order chi connectivity index (χ0) is 10.6. The van der Waals surface area contributed by atoms with Gasteiger partial charge in [0, 0.05) is 16.1 Å². The summed E-state index contributed by atoms with van der Waals surface area (Å²) in [5, 5.41) is 8.69. The van der Waals surface area contributed by atoms with Crippen LogP contribution in [0.4, 0.5) is 4.39 Å². The minimum atomic E-state index is -0.404. The summed E-state index contributed by atoms with van der Waals surface area (Å²) in [6.07, 6.45) is 1.31. The second kappa shape index (κ2) is 5.24. The Morgan fingerprint density at radius 1 is 1.50 bits per heavy atom. The zero-order valence-electron chi connectivity index (χ0n) is 7.58. The first-order valence-corrected chi connectivity index (χ1v) is 5.00. The zero-order valence-corrected chi connectivity index (χ0v) is 9.17. The first kappa shape index (κ1) is 11.4. The summed E-state index contributed by atoms with van der Waals surface area (Å²) < 4.78 is 14.3. The summed E-state index contributed by atoms with van der Waals surface area (Å²) in [7, 11) is 0. The summed E-state index contributed by atoms with van der Waals surface area (Å²) in [5.74, 6) is -0.355. The first-order valence-electron chi connectivity index (χ1n) is 4.20. The third kappa shape index (κ3) is 3.21.